The number of nitrogens with zero attached hydrogens (tertiary/aromatic N) is 2. The summed E-state index contributed by atoms with van der Waals surface area (Å²) < 4.78 is 5.69. The maximum Gasteiger partial charge on any atom is 0.246 e. The number of carbonyl (C=O) groups is 2. The summed E-state index contributed by atoms with van der Waals surface area (Å²) in [6.07, 6.45) is 1.19. The van der Waals surface area contributed by atoms with Gasteiger partial charge < -0.3 is 10.1 Å². The first-order chi connectivity index (χ1) is 9.65. The molecule has 2 atom stereocenters. The largest absolute Gasteiger partial charge is 0.374 e. The lowest BCUT2D eigenvalue weighted by molar-refractivity contribution is -0.138. The van der Waals surface area contributed by atoms with Gasteiger partial charge in [0, 0.05) is 26.2 Å². The number of rotatable bonds is 6. The average Bonchev–Trinajstić information content (AvgIpc) is 2.73. The standard InChI is InChI=1S/C14H25N3O3/c1-3-5-17-13(18)8-12(14(17)19)15-9-11-10-16(4-2)6-7-20-11/h11-12,15H,3-10H2,1-2H3. The Kier molecular flexibility index (Phi) is 5.51. The number of nitrogens with one attached hydrogen (secondary N) is 1. The summed E-state index contributed by atoms with van der Waals surface area (Å²) in [4.78, 5) is 27.6. The van der Waals surface area contributed by atoms with E-state index in [2.05, 4.69) is 17.1 Å². The minimum atomic E-state index is -0.366. The molecule has 2 unspecified atom stereocenters. The van der Waals surface area contributed by atoms with E-state index in [0.717, 1.165) is 32.7 Å². The van der Waals surface area contributed by atoms with Crippen molar-refractivity contribution < 1.29 is 14.3 Å². The molecule has 6 heteroatoms. The zero-order valence-electron chi connectivity index (χ0n) is 12.4. The van der Waals surface area contributed by atoms with Crippen LogP contribution < -0.4 is 5.32 Å². The highest BCUT2D eigenvalue weighted by molar-refractivity contribution is 6.05. The molecule has 0 spiro atoms. The van der Waals surface area contributed by atoms with Gasteiger partial charge in [0.25, 0.3) is 0 Å². The summed E-state index contributed by atoms with van der Waals surface area (Å²) in [6, 6.07) is -0.366. The number of likely N-dealkylation sites (N-methyl/N-ethyl adjacent to an activating group) is 1. The summed E-state index contributed by atoms with van der Waals surface area (Å²) >= 11 is 0. The molecule has 0 aromatic heterocycles. The molecule has 0 aliphatic carbocycles. The summed E-state index contributed by atoms with van der Waals surface area (Å²) in [6.45, 7) is 8.87. The Hall–Kier alpha value is -0.980. The van der Waals surface area contributed by atoms with Crippen molar-refractivity contribution in [3.05, 3.63) is 0 Å². The van der Waals surface area contributed by atoms with E-state index in [1.807, 2.05) is 6.92 Å². The third-order valence-electron chi connectivity index (χ3n) is 3.95. The Morgan fingerprint density at radius 3 is 2.85 bits per heavy atom. The quantitative estimate of drug-likeness (QED) is 0.686. The highest BCUT2D eigenvalue weighted by Gasteiger charge is 2.38. The lowest BCUT2D eigenvalue weighted by Gasteiger charge is -2.32. The molecule has 0 bridgehead atoms. The Morgan fingerprint density at radius 2 is 2.15 bits per heavy atom. The maximum absolute atomic E-state index is 12.1. The lowest BCUT2D eigenvalue weighted by atomic mass is 10.2. The normalized spacial score (nSPS) is 28.4. The average molecular weight is 283 g/mol. The summed E-state index contributed by atoms with van der Waals surface area (Å²) in [7, 11) is 0. The molecule has 2 fully saturated rings. The van der Waals surface area contributed by atoms with Crippen molar-refractivity contribution in [2.45, 2.75) is 38.8 Å². The molecule has 20 heavy (non-hydrogen) atoms. The van der Waals surface area contributed by atoms with E-state index in [0.29, 0.717) is 13.1 Å². The van der Waals surface area contributed by atoms with Crippen LogP contribution in [0.1, 0.15) is 26.7 Å². The van der Waals surface area contributed by atoms with Crippen LogP contribution in [0.5, 0.6) is 0 Å². The van der Waals surface area contributed by atoms with Gasteiger partial charge in [-0.15, -0.1) is 0 Å². The van der Waals surface area contributed by atoms with Crippen LogP contribution in [0.2, 0.25) is 0 Å². The molecular formula is C14H25N3O3. The topological polar surface area (TPSA) is 61.9 Å². The molecular weight excluding hydrogens is 258 g/mol. The van der Waals surface area contributed by atoms with Crippen LogP contribution in [-0.2, 0) is 14.3 Å². The first-order valence-electron chi connectivity index (χ1n) is 7.57. The van der Waals surface area contributed by atoms with E-state index in [9.17, 15) is 9.59 Å². The van der Waals surface area contributed by atoms with Crippen LogP contribution in [0.15, 0.2) is 0 Å². The second-order valence-electron chi connectivity index (χ2n) is 5.43. The fourth-order valence-corrected chi connectivity index (χ4v) is 2.77. The van der Waals surface area contributed by atoms with Gasteiger partial charge >= 0.3 is 0 Å². The van der Waals surface area contributed by atoms with Gasteiger partial charge in [-0.05, 0) is 13.0 Å². The van der Waals surface area contributed by atoms with Crippen LogP contribution in [0, 0.1) is 0 Å². The first-order valence-corrected chi connectivity index (χ1v) is 7.57. The predicted octanol–water partition coefficient (Wildman–Crippen LogP) is -0.166. The van der Waals surface area contributed by atoms with Gasteiger partial charge in [0.1, 0.15) is 0 Å². The molecule has 0 radical (unpaired) electrons. The molecule has 2 saturated heterocycles. The molecule has 0 aromatic carbocycles. The van der Waals surface area contributed by atoms with Gasteiger partial charge in [0.15, 0.2) is 0 Å². The van der Waals surface area contributed by atoms with Crippen molar-refractivity contribution in [3.8, 4) is 0 Å². The Bertz CT molecular complexity index is 362. The molecule has 6 nitrogen and oxygen atoms in total. The molecule has 2 aliphatic heterocycles. The SMILES string of the molecule is CCCN1C(=O)CC(NCC2CN(CC)CCO2)C1=O. The van der Waals surface area contributed by atoms with Crippen LogP contribution in [0.25, 0.3) is 0 Å². The minimum Gasteiger partial charge on any atom is -0.374 e. The first kappa shape index (κ1) is 15.4. The van der Waals surface area contributed by atoms with Crippen molar-refractivity contribution in [1.29, 1.82) is 0 Å². The van der Waals surface area contributed by atoms with E-state index in [-0.39, 0.29) is 30.4 Å². The Labute approximate surface area is 120 Å². The number of imide groups is 1. The van der Waals surface area contributed by atoms with E-state index in [4.69, 9.17) is 4.74 Å². The zero-order valence-corrected chi connectivity index (χ0v) is 12.4. The second-order valence-corrected chi connectivity index (χ2v) is 5.43. The van der Waals surface area contributed by atoms with E-state index < -0.39 is 0 Å². The zero-order chi connectivity index (χ0) is 14.5. The molecule has 0 aromatic rings. The number of likely N-dealkylation sites (tertiary alicyclic amines) is 1. The number of amides is 2. The molecule has 114 valence electrons. The van der Waals surface area contributed by atoms with E-state index in [1.54, 1.807) is 0 Å². The van der Waals surface area contributed by atoms with Gasteiger partial charge in [0.2, 0.25) is 11.8 Å². The summed E-state index contributed by atoms with van der Waals surface area (Å²) in [5.74, 6) is -0.144. The fourth-order valence-electron chi connectivity index (χ4n) is 2.77. The van der Waals surface area contributed by atoms with Gasteiger partial charge in [-0.2, -0.15) is 0 Å². The van der Waals surface area contributed by atoms with Crippen LogP contribution in [0.4, 0.5) is 0 Å². The van der Waals surface area contributed by atoms with Crippen molar-refractivity contribution in [2.24, 2.45) is 0 Å². The number of hydrogen-bond acceptors (Lipinski definition) is 5. The van der Waals surface area contributed by atoms with Crippen LogP contribution in [0.3, 0.4) is 0 Å². The van der Waals surface area contributed by atoms with Crippen LogP contribution in [-0.4, -0.2) is 73.1 Å². The molecule has 2 amide bonds. The molecule has 2 rings (SSSR count). The second kappa shape index (κ2) is 7.15. The Balaban J connectivity index is 1.79. The minimum absolute atomic E-state index is 0.0610. The predicted molar refractivity (Wildman–Crippen MR) is 75.3 cm³/mol. The van der Waals surface area contributed by atoms with Crippen molar-refractivity contribution in [2.75, 3.05) is 39.3 Å². The van der Waals surface area contributed by atoms with Gasteiger partial charge in [-0.25, -0.2) is 0 Å². The monoisotopic (exact) mass is 283 g/mol. The Morgan fingerprint density at radius 1 is 1.35 bits per heavy atom. The van der Waals surface area contributed by atoms with Gasteiger partial charge in [0.05, 0.1) is 25.2 Å². The number of hydrogen-bond donors (Lipinski definition) is 1. The van der Waals surface area contributed by atoms with Gasteiger partial charge in [-0.3, -0.25) is 19.4 Å². The smallest absolute Gasteiger partial charge is 0.246 e. The highest BCUT2D eigenvalue weighted by atomic mass is 16.5. The van der Waals surface area contributed by atoms with Gasteiger partial charge in [-0.1, -0.05) is 13.8 Å². The third kappa shape index (κ3) is 3.56. The third-order valence-corrected chi connectivity index (χ3v) is 3.95. The lowest BCUT2D eigenvalue weighted by Crippen LogP contribution is -2.49. The fraction of sp³-hybridized carbons (Fsp3) is 0.857. The van der Waals surface area contributed by atoms with E-state index >= 15 is 0 Å². The summed E-state index contributed by atoms with van der Waals surface area (Å²) in [5.41, 5.74) is 0. The maximum atomic E-state index is 12.1. The molecule has 2 heterocycles. The van der Waals surface area contributed by atoms with Crippen molar-refractivity contribution in [3.63, 3.8) is 0 Å². The highest BCUT2D eigenvalue weighted by Crippen LogP contribution is 2.14. The number of ether oxygens (including phenoxy) is 1. The summed E-state index contributed by atoms with van der Waals surface area (Å²) in [5, 5.41) is 3.20. The molecule has 0 saturated carbocycles. The number of carbonyl (C=O) groups excluding carboxylic acids is 2. The van der Waals surface area contributed by atoms with Crippen LogP contribution >= 0.6 is 0 Å². The molecule has 2 aliphatic rings. The van der Waals surface area contributed by atoms with E-state index in [1.165, 1.54) is 4.90 Å². The number of morpholine rings is 1. The van der Waals surface area contributed by atoms with Crippen molar-refractivity contribution in [1.82, 2.24) is 15.1 Å². The van der Waals surface area contributed by atoms with Crippen molar-refractivity contribution >= 4 is 11.8 Å². The molecule has 1 N–H and O–H groups in total.